The molecule has 0 unspecified atom stereocenters. The molecule has 1 saturated heterocycles. The van der Waals surface area contributed by atoms with Crippen molar-refractivity contribution in [3.63, 3.8) is 0 Å². The fraction of sp³-hybridized carbons (Fsp3) is 0.400. The molecule has 1 aliphatic rings. The van der Waals surface area contributed by atoms with E-state index in [0.717, 1.165) is 27.9 Å². The number of thiazole rings is 1. The summed E-state index contributed by atoms with van der Waals surface area (Å²) in [5.74, 6) is 2.31. The van der Waals surface area contributed by atoms with Crippen molar-refractivity contribution in [3.05, 3.63) is 53.0 Å². The lowest BCUT2D eigenvalue weighted by Gasteiger charge is -2.31. The van der Waals surface area contributed by atoms with E-state index in [2.05, 4.69) is 4.90 Å². The summed E-state index contributed by atoms with van der Waals surface area (Å²) in [6.45, 7) is 1.24. The van der Waals surface area contributed by atoms with E-state index in [9.17, 15) is 8.42 Å². The van der Waals surface area contributed by atoms with Gasteiger partial charge in [-0.2, -0.15) is 0 Å². The molecule has 0 N–H and O–H groups in total. The SMILES string of the molecule is COc1cc(Cc2csc(N3CCC(S(=O)(=O)c4cc(OC)ccc4OC)CC3)n2)cc(OC)c1. The minimum atomic E-state index is -3.56. The zero-order valence-corrected chi connectivity index (χ0v) is 21.9. The number of rotatable bonds is 9. The Hall–Kier alpha value is -2.98. The lowest BCUT2D eigenvalue weighted by molar-refractivity contribution is 0.391. The van der Waals surface area contributed by atoms with Crippen LogP contribution in [0.4, 0.5) is 5.13 Å². The molecule has 188 valence electrons. The normalized spacial score (nSPS) is 14.6. The van der Waals surface area contributed by atoms with Gasteiger partial charge >= 0.3 is 0 Å². The third-order valence-electron chi connectivity index (χ3n) is 6.16. The molecule has 2 aromatic carbocycles. The van der Waals surface area contributed by atoms with Crippen molar-refractivity contribution in [1.29, 1.82) is 0 Å². The smallest absolute Gasteiger partial charge is 0.185 e. The van der Waals surface area contributed by atoms with Crippen molar-refractivity contribution in [2.24, 2.45) is 0 Å². The van der Waals surface area contributed by atoms with Gasteiger partial charge in [0.2, 0.25) is 0 Å². The highest BCUT2D eigenvalue weighted by atomic mass is 32.2. The molecule has 1 aromatic heterocycles. The molecule has 1 aliphatic heterocycles. The number of benzene rings is 2. The molecule has 0 atom stereocenters. The number of nitrogens with zero attached hydrogens (tertiary/aromatic N) is 2. The Bertz CT molecular complexity index is 1240. The van der Waals surface area contributed by atoms with E-state index in [1.807, 2.05) is 23.6 Å². The fourth-order valence-corrected chi connectivity index (χ4v) is 7.03. The first-order chi connectivity index (χ1) is 16.9. The molecule has 0 saturated carbocycles. The van der Waals surface area contributed by atoms with E-state index in [0.29, 0.717) is 43.9 Å². The number of hydrogen-bond donors (Lipinski definition) is 0. The highest BCUT2D eigenvalue weighted by molar-refractivity contribution is 7.92. The van der Waals surface area contributed by atoms with E-state index in [-0.39, 0.29) is 4.90 Å². The van der Waals surface area contributed by atoms with Crippen molar-refractivity contribution in [3.8, 4) is 23.0 Å². The molecular formula is C25H30N2O6S2. The molecule has 4 rings (SSSR count). The Kier molecular flexibility index (Phi) is 7.71. The minimum Gasteiger partial charge on any atom is -0.497 e. The van der Waals surface area contributed by atoms with Gasteiger partial charge in [0.25, 0.3) is 0 Å². The Morgan fingerprint density at radius 1 is 0.914 bits per heavy atom. The van der Waals surface area contributed by atoms with E-state index in [1.165, 1.54) is 14.2 Å². The molecule has 1 fully saturated rings. The summed E-state index contributed by atoms with van der Waals surface area (Å²) in [6, 6.07) is 10.7. The average molecular weight is 519 g/mol. The van der Waals surface area contributed by atoms with Crippen LogP contribution in [0.15, 0.2) is 46.7 Å². The predicted octanol–water partition coefficient (Wildman–Crippen LogP) is 4.21. The Morgan fingerprint density at radius 2 is 1.57 bits per heavy atom. The van der Waals surface area contributed by atoms with Gasteiger partial charge in [0.05, 0.1) is 39.4 Å². The maximum Gasteiger partial charge on any atom is 0.185 e. The molecule has 0 amide bonds. The summed E-state index contributed by atoms with van der Waals surface area (Å²) in [6.07, 6.45) is 1.69. The van der Waals surface area contributed by atoms with Gasteiger partial charge in [0, 0.05) is 37.0 Å². The zero-order chi connectivity index (χ0) is 25.0. The maximum atomic E-state index is 13.4. The quantitative estimate of drug-likeness (QED) is 0.416. The Balaban J connectivity index is 1.44. The van der Waals surface area contributed by atoms with Gasteiger partial charge in [-0.05, 0) is 42.7 Å². The van der Waals surface area contributed by atoms with Crippen molar-refractivity contribution in [1.82, 2.24) is 4.98 Å². The van der Waals surface area contributed by atoms with E-state index in [1.54, 1.807) is 43.8 Å². The number of anilines is 1. The number of methoxy groups -OCH3 is 4. The van der Waals surface area contributed by atoms with Gasteiger partial charge in [-0.25, -0.2) is 13.4 Å². The molecule has 35 heavy (non-hydrogen) atoms. The third-order valence-corrected chi connectivity index (χ3v) is 9.40. The van der Waals surface area contributed by atoms with Crippen LogP contribution in [-0.2, 0) is 16.3 Å². The molecule has 0 spiro atoms. The van der Waals surface area contributed by atoms with Gasteiger partial charge in [0.15, 0.2) is 15.0 Å². The topological polar surface area (TPSA) is 87.2 Å². The van der Waals surface area contributed by atoms with Gasteiger partial charge < -0.3 is 23.8 Å². The van der Waals surface area contributed by atoms with Gasteiger partial charge in [-0.15, -0.1) is 11.3 Å². The van der Waals surface area contributed by atoms with Crippen LogP contribution in [0.3, 0.4) is 0 Å². The van der Waals surface area contributed by atoms with Crippen LogP contribution in [-0.4, -0.2) is 60.2 Å². The van der Waals surface area contributed by atoms with Crippen LogP contribution in [0, 0.1) is 0 Å². The van der Waals surface area contributed by atoms with E-state index >= 15 is 0 Å². The predicted molar refractivity (Wildman–Crippen MR) is 136 cm³/mol. The van der Waals surface area contributed by atoms with Crippen LogP contribution >= 0.6 is 11.3 Å². The summed E-state index contributed by atoms with van der Waals surface area (Å²) >= 11 is 1.58. The van der Waals surface area contributed by atoms with Crippen LogP contribution in [0.5, 0.6) is 23.0 Å². The standard InChI is InChI=1S/C25H30N2O6S2/c1-30-19-5-6-23(33-4)24(15-19)35(28,29)22-7-9-27(10-8-22)25-26-18(16-34-25)11-17-12-20(31-2)14-21(13-17)32-3/h5-6,12-16,22H,7-11H2,1-4H3. The van der Waals surface area contributed by atoms with E-state index < -0.39 is 15.1 Å². The summed E-state index contributed by atoms with van der Waals surface area (Å²) in [5, 5.41) is 2.47. The fourth-order valence-electron chi connectivity index (χ4n) is 4.24. The largest absolute Gasteiger partial charge is 0.497 e. The Morgan fingerprint density at radius 3 is 2.17 bits per heavy atom. The molecule has 3 aromatic rings. The second kappa shape index (κ2) is 10.7. The van der Waals surface area contributed by atoms with Crippen LogP contribution in [0.25, 0.3) is 0 Å². The first-order valence-electron chi connectivity index (χ1n) is 11.2. The van der Waals surface area contributed by atoms with Crippen molar-refractivity contribution in [2.45, 2.75) is 29.4 Å². The number of aromatic nitrogens is 1. The highest BCUT2D eigenvalue weighted by Gasteiger charge is 2.34. The molecule has 8 nitrogen and oxygen atoms in total. The lowest BCUT2D eigenvalue weighted by Crippen LogP contribution is -2.39. The molecule has 2 heterocycles. The van der Waals surface area contributed by atoms with Crippen molar-refractivity contribution >= 4 is 26.3 Å². The van der Waals surface area contributed by atoms with Crippen LogP contribution in [0.2, 0.25) is 0 Å². The van der Waals surface area contributed by atoms with E-state index in [4.69, 9.17) is 23.9 Å². The Labute approximate surface area is 210 Å². The summed E-state index contributed by atoms with van der Waals surface area (Å²) in [5.41, 5.74) is 2.01. The van der Waals surface area contributed by atoms with Gasteiger partial charge in [-0.3, -0.25) is 0 Å². The first-order valence-corrected chi connectivity index (χ1v) is 13.7. The summed E-state index contributed by atoms with van der Waals surface area (Å²) < 4.78 is 48.1. The number of piperidine rings is 1. The third kappa shape index (κ3) is 5.48. The number of sulfone groups is 1. The molecule has 0 aliphatic carbocycles. The molecule has 0 radical (unpaired) electrons. The number of hydrogen-bond acceptors (Lipinski definition) is 9. The van der Waals surface area contributed by atoms with Gasteiger partial charge in [-0.1, -0.05) is 0 Å². The average Bonchev–Trinajstić information content (AvgIpc) is 3.36. The van der Waals surface area contributed by atoms with Crippen LogP contribution in [0.1, 0.15) is 24.1 Å². The molecule has 10 heteroatoms. The van der Waals surface area contributed by atoms with Crippen LogP contribution < -0.4 is 23.8 Å². The zero-order valence-electron chi connectivity index (χ0n) is 20.3. The second-order valence-electron chi connectivity index (χ2n) is 8.27. The summed E-state index contributed by atoms with van der Waals surface area (Å²) in [7, 11) is 2.70. The van der Waals surface area contributed by atoms with Gasteiger partial charge in [0.1, 0.15) is 27.9 Å². The second-order valence-corrected chi connectivity index (χ2v) is 11.3. The minimum absolute atomic E-state index is 0.183. The first kappa shape index (κ1) is 25.1. The highest BCUT2D eigenvalue weighted by Crippen LogP contribution is 2.35. The number of ether oxygens (including phenoxy) is 4. The summed E-state index contributed by atoms with van der Waals surface area (Å²) in [4.78, 5) is 7.16. The molecular weight excluding hydrogens is 488 g/mol. The van der Waals surface area contributed by atoms with Crippen molar-refractivity contribution in [2.75, 3.05) is 46.4 Å². The lowest BCUT2D eigenvalue weighted by atomic mass is 10.1. The molecule has 0 bridgehead atoms. The van der Waals surface area contributed by atoms with Crippen molar-refractivity contribution < 1.29 is 27.4 Å². The monoisotopic (exact) mass is 518 g/mol. The maximum absolute atomic E-state index is 13.4.